The van der Waals surface area contributed by atoms with Gasteiger partial charge in [0.05, 0.1) is 23.8 Å². The van der Waals surface area contributed by atoms with Crippen LogP contribution in [0.3, 0.4) is 0 Å². The van der Waals surface area contributed by atoms with E-state index in [-0.39, 0.29) is 22.3 Å². The number of carbonyl (C=O) groups is 4. The second kappa shape index (κ2) is 10.1. The Bertz CT molecular complexity index is 1630. The van der Waals surface area contributed by atoms with Gasteiger partial charge in [-0.2, -0.15) is 0 Å². The third-order valence-electron chi connectivity index (χ3n) is 6.26. The summed E-state index contributed by atoms with van der Waals surface area (Å²) in [7, 11) is 1.25. The summed E-state index contributed by atoms with van der Waals surface area (Å²) >= 11 is 0. The first-order valence-corrected chi connectivity index (χ1v) is 11.5. The molecule has 0 unspecified atom stereocenters. The fourth-order valence-corrected chi connectivity index (χ4v) is 4.22. The number of halogens is 1. The Hall–Kier alpha value is -5.17. The lowest BCUT2D eigenvalue weighted by Crippen LogP contribution is -2.05. The Morgan fingerprint density at radius 2 is 1.34 bits per heavy atom. The van der Waals surface area contributed by atoms with Gasteiger partial charge in [0.15, 0.2) is 6.29 Å². The molecule has 4 aromatic rings. The second-order valence-electron chi connectivity index (χ2n) is 8.54. The van der Waals surface area contributed by atoms with Crippen LogP contribution in [0, 0.1) is 0 Å². The van der Waals surface area contributed by atoms with Crippen LogP contribution in [0.2, 0.25) is 0 Å². The number of methoxy groups -OCH3 is 1. The molecular weight excluding hydrogens is 487 g/mol. The summed E-state index contributed by atoms with van der Waals surface area (Å²) in [6.45, 7) is 0. The van der Waals surface area contributed by atoms with Crippen molar-refractivity contribution in [2.24, 2.45) is 0 Å². The molecule has 0 spiro atoms. The summed E-state index contributed by atoms with van der Waals surface area (Å²) in [4.78, 5) is 46.7. The van der Waals surface area contributed by atoms with Crippen LogP contribution in [-0.2, 0) is 9.47 Å². The molecular formula is C31H19FO6. The summed E-state index contributed by atoms with van der Waals surface area (Å²) in [5.41, 5.74) is 4.87. The van der Waals surface area contributed by atoms with Gasteiger partial charge in [0.1, 0.15) is 5.83 Å². The first-order valence-electron chi connectivity index (χ1n) is 11.5. The predicted octanol–water partition coefficient (Wildman–Crippen LogP) is 6.40. The van der Waals surface area contributed by atoms with Crippen molar-refractivity contribution in [1.82, 2.24) is 0 Å². The summed E-state index contributed by atoms with van der Waals surface area (Å²) in [6.07, 6.45) is 2.01. The van der Waals surface area contributed by atoms with E-state index >= 15 is 0 Å². The Morgan fingerprint density at radius 1 is 0.763 bits per heavy atom. The van der Waals surface area contributed by atoms with Crippen molar-refractivity contribution < 1.29 is 33.0 Å². The van der Waals surface area contributed by atoms with Gasteiger partial charge in [-0.15, -0.1) is 0 Å². The van der Waals surface area contributed by atoms with E-state index < -0.39 is 23.7 Å². The lowest BCUT2D eigenvalue weighted by atomic mass is 9.98. The summed E-state index contributed by atoms with van der Waals surface area (Å²) in [5.74, 6) is -2.35. The van der Waals surface area contributed by atoms with E-state index in [9.17, 15) is 23.6 Å². The van der Waals surface area contributed by atoms with Gasteiger partial charge in [0.25, 0.3) is 0 Å². The first kappa shape index (κ1) is 24.5. The van der Waals surface area contributed by atoms with Crippen LogP contribution < -0.4 is 0 Å². The van der Waals surface area contributed by atoms with Crippen molar-refractivity contribution in [2.45, 2.75) is 0 Å². The molecule has 1 heterocycles. The Morgan fingerprint density at radius 3 is 2.00 bits per heavy atom. The Balaban J connectivity index is 1.34. The quantitative estimate of drug-likeness (QED) is 0.130. The third-order valence-corrected chi connectivity index (χ3v) is 6.26. The van der Waals surface area contributed by atoms with E-state index in [0.29, 0.717) is 23.0 Å². The lowest BCUT2D eigenvalue weighted by molar-refractivity contribution is 0.0442. The van der Waals surface area contributed by atoms with Crippen molar-refractivity contribution in [3.05, 3.63) is 118 Å². The highest BCUT2D eigenvalue weighted by Gasteiger charge is 2.29. The molecule has 0 N–H and O–H groups in total. The highest BCUT2D eigenvalue weighted by Crippen LogP contribution is 2.29. The fourth-order valence-electron chi connectivity index (χ4n) is 4.22. The second-order valence-corrected chi connectivity index (χ2v) is 8.54. The molecule has 1 aliphatic heterocycles. The Labute approximate surface area is 217 Å². The highest BCUT2D eigenvalue weighted by molar-refractivity contribution is 6.15. The van der Waals surface area contributed by atoms with Crippen LogP contribution >= 0.6 is 0 Å². The smallest absolute Gasteiger partial charge is 0.346 e. The molecule has 4 aromatic carbocycles. The number of ether oxygens (including phenoxy) is 2. The number of fused-ring (bicyclic) bond motifs is 1. The van der Waals surface area contributed by atoms with Gasteiger partial charge >= 0.3 is 17.9 Å². The minimum atomic E-state index is -0.675. The normalized spacial score (nSPS) is 12.6. The van der Waals surface area contributed by atoms with Gasteiger partial charge in [-0.3, -0.25) is 4.79 Å². The molecule has 38 heavy (non-hydrogen) atoms. The molecule has 0 aliphatic carbocycles. The molecule has 0 aromatic heterocycles. The number of cyclic esters (lactones) is 2. The number of esters is 3. The van der Waals surface area contributed by atoms with Crippen molar-refractivity contribution >= 4 is 36.1 Å². The molecule has 0 bridgehead atoms. The largest absolute Gasteiger partial charge is 0.465 e. The SMILES string of the molecule is COC(=O)c1ccc(-c2ccc(/C=C(\F)c3ccc(-c4ccc5c(c4)C(=O)OC5=O)cc3)cc2)cc1C=O. The number of hydrogen-bond donors (Lipinski definition) is 0. The third kappa shape index (κ3) is 4.65. The van der Waals surface area contributed by atoms with Gasteiger partial charge in [-0.05, 0) is 58.2 Å². The fraction of sp³-hybridized carbons (Fsp3) is 0.0323. The van der Waals surface area contributed by atoms with E-state index in [0.717, 1.165) is 16.7 Å². The van der Waals surface area contributed by atoms with Crippen LogP contribution in [0.5, 0.6) is 0 Å². The number of aldehydes is 1. The molecule has 5 rings (SSSR count). The van der Waals surface area contributed by atoms with E-state index in [1.54, 1.807) is 78.9 Å². The lowest BCUT2D eigenvalue weighted by Gasteiger charge is -2.07. The zero-order chi connectivity index (χ0) is 26.8. The van der Waals surface area contributed by atoms with Crippen molar-refractivity contribution in [2.75, 3.05) is 7.11 Å². The van der Waals surface area contributed by atoms with E-state index in [1.807, 2.05) is 0 Å². The minimum absolute atomic E-state index is 0.188. The molecule has 0 fully saturated rings. The molecule has 0 atom stereocenters. The van der Waals surface area contributed by atoms with Crippen LogP contribution in [0.4, 0.5) is 4.39 Å². The topological polar surface area (TPSA) is 86.7 Å². The van der Waals surface area contributed by atoms with Crippen molar-refractivity contribution in [3.8, 4) is 22.3 Å². The maximum Gasteiger partial charge on any atom is 0.346 e. The molecule has 6 nitrogen and oxygen atoms in total. The van der Waals surface area contributed by atoms with Crippen LogP contribution in [-0.4, -0.2) is 31.3 Å². The number of benzene rings is 4. The molecule has 0 saturated carbocycles. The summed E-state index contributed by atoms with van der Waals surface area (Å²) < 4.78 is 24.3. The van der Waals surface area contributed by atoms with Crippen molar-refractivity contribution in [1.29, 1.82) is 0 Å². The van der Waals surface area contributed by atoms with Gasteiger partial charge in [-0.25, -0.2) is 18.8 Å². The van der Waals surface area contributed by atoms with Crippen LogP contribution in [0.15, 0.2) is 84.9 Å². The van der Waals surface area contributed by atoms with Gasteiger partial charge in [0, 0.05) is 11.1 Å². The van der Waals surface area contributed by atoms with E-state index in [2.05, 4.69) is 4.74 Å². The predicted molar refractivity (Wildman–Crippen MR) is 139 cm³/mol. The maximum absolute atomic E-state index is 15.0. The van der Waals surface area contributed by atoms with Gasteiger partial charge in [0.2, 0.25) is 0 Å². The molecule has 0 amide bonds. The average Bonchev–Trinajstić information content (AvgIpc) is 3.25. The highest BCUT2D eigenvalue weighted by atomic mass is 19.1. The molecule has 7 heteroatoms. The zero-order valence-electron chi connectivity index (χ0n) is 20.1. The number of carbonyl (C=O) groups excluding carboxylic acids is 4. The van der Waals surface area contributed by atoms with Gasteiger partial charge in [-0.1, -0.05) is 60.7 Å². The molecule has 0 radical (unpaired) electrons. The first-order chi connectivity index (χ1) is 18.4. The zero-order valence-corrected chi connectivity index (χ0v) is 20.1. The number of hydrogen-bond acceptors (Lipinski definition) is 6. The van der Waals surface area contributed by atoms with E-state index in [1.165, 1.54) is 19.3 Å². The molecule has 186 valence electrons. The number of rotatable bonds is 6. The molecule has 0 saturated heterocycles. The summed E-state index contributed by atoms with van der Waals surface area (Å²) in [6, 6.07) is 23.5. The maximum atomic E-state index is 15.0. The Kier molecular flexibility index (Phi) is 6.49. The summed E-state index contributed by atoms with van der Waals surface area (Å²) in [5, 5.41) is 0. The van der Waals surface area contributed by atoms with Crippen LogP contribution in [0.1, 0.15) is 52.6 Å². The minimum Gasteiger partial charge on any atom is -0.465 e. The van der Waals surface area contributed by atoms with Gasteiger partial charge < -0.3 is 9.47 Å². The van der Waals surface area contributed by atoms with E-state index in [4.69, 9.17) is 4.74 Å². The van der Waals surface area contributed by atoms with Crippen molar-refractivity contribution in [3.63, 3.8) is 0 Å². The standard InChI is InChI=1S/C31H19FO6/c1-37-29(34)25-12-10-22(15-24(25)17-33)19-4-2-18(3-5-19)14-28(32)21-8-6-20(7-9-21)23-11-13-26-27(16-23)31(36)38-30(26)35/h2-17H,1H3/b28-14-. The van der Waals surface area contributed by atoms with Crippen LogP contribution in [0.25, 0.3) is 34.2 Å². The average molecular weight is 506 g/mol. The molecule has 1 aliphatic rings. The monoisotopic (exact) mass is 506 g/mol.